The summed E-state index contributed by atoms with van der Waals surface area (Å²) in [6.45, 7) is 2.99. The fraction of sp³-hybridized carbons (Fsp3) is 0.250. The van der Waals surface area contributed by atoms with Crippen LogP contribution in [0.25, 0.3) is 0 Å². The van der Waals surface area contributed by atoms with Crippen LogP contribution in [-0.4, -0.2) is 7.05 Å². The van der Waals surface area contributed by atoms with Gasteiger partial charge in [0.05, 0.1) is 6.04 Å². The molecule has 0 fully saturated rings. The van der Waals surface area contributed by atoms with Crippen molar-refractivity contribution in [2.45, 2.75) is 19.9 Å². The summed E-state index contributed by atoms with van der Waals surface area (Å²) in [5.41, 5.74) is 0.736. The highest BCUT2D eigenvalue weighted by Crippen LogP contribution is 2.29. The van der Waals surface area contributed by atoms with E-state index in [-0.39, 0.29) is 22.3 Å². The van der Waals surface area contributed by atoms with Crippen LogP contribution in [-0.2, 0) is 0 Å². The van der Waals surface area contributed by atoms with Crippen molar-refractivity contribution in [3.63, 3.8) is 0 Å². The maximum absolute atomic E-state index is 14.0. The highest BCUT2D eigenvalue weighted by molar-refractivity contribution is 5.38. The van der Waals surface area contributed by atoms with E-state index in [0.717, 1.165) is 12.1 Å². The van der Waals surface area contributed by atoms with E-state index < -0.39 is 29.3 Å². The van der Waals surface area contributed by atoms with Gasteiger partial charge >= 0.3 is 0 Å². The summed E-state index contributed by atoms with van der Waals surface area (Å²) in [5.74, 6) is -2.89. The number of benzene rings is 2. The molecule has 0 spiro atoms. The summed E-state index contributed by atoms with van der Waals surface area (Å²) in [5, 5.41) is 2.78. The van der Waals surface area contributed by atoms with E-state index >= 15 is 0 Å². The lowest BCUT2D eigenvalue weighted by Gasteiger charge is -2.20. The normalized spacial score (nSPS) is 11.2. The average molecular weight is 297 g/mol. The van der Waals surface area contributed by atoms with Crippen molar-refractivity contribution in [2.75, 3.05) is 7.05 Å². The summed E-state index contributed by atoms with van der Waals surface area (Å²) >= 11 is 0. The number of rotatable bonds is 3. The molecule has 0 aliphatic carbocycles. The molecule has 21 heavy (non-hydrogen) atoms. The molecule has 0 aliphatic heterocycles. The number of aryl methyl sites for hydroxylation is 2. The first kappa shape index (κ1) is 15.5. The maximum atomic E-state index is 14.0. The van der Waals surface area contributed by atoms with Crippen LogP contribution >= 0.6 is 0 Å². The highest BCUT2D eigenvalue weighted by atomic mass is 19.1. The Morgan fingerprint density at radius 3 is 1.43 bits per heavy atom. The van der Waals surface area contributed by atoms with Crippen molar-refractivity contribution >= 4 is 0 Å². The molecule has 1 nitrogen and oxygen atoms in total. The minimum atomic E-state index is -0.830. The van der Waals surface area contributed by atoms with Gasteiger partial charge in [0.1, 0.15) is 23.3 Å². The minimum Gasteiger partial charge on any atom is -0.309 e. The zero-order chi connectivity index (χ0) is 15.7. The van der Waals surface area contributed by atoms with Crippen molar-refractivity contribution in [1.29, 1.82) is 0 Å². The lowest BCUT2D eigenvalue weighted by Crippen LogP contribution is -2.21. The molecule has 0 aliphatic rings. The van der Waals surface area contributed by atoms with Gasteiger partial charge in [-0.15, -0.1) is 0 Å². The third kappa shape index (κ3) is 2.93. The molecule has 2 aromatic rings. The Kier molecular flexibility index (Phi) is 4.32. The van der Waals surface area contributed by atoms with Gasteiger partial charge in [-0.3, -0.25) is 0 Å². The van der Waals surface area contributed by atoms with Crippen LogP contribution in [0, 0.1) is 37.1 Å². The van der Waals surface area contributed by atoms with Gasteiger partial charge in [0, 0.05) is 23.3 Å². The smallest absolute Gasteiger partial charge is 0.131 e. The van der Waals surface area contributed by atoms with Gasteiger partial charge in [-0.05, 0) is 44.2 Å². The van der Waals surface area contributed by atoms with Crippen molar-refractivity contribution in [2.24, 2.45) is 0 Å². The SMILES string of the molecule is CNC(c1cc(C)c(F)cc1F)c1cc(C)c(F)cc1F. The van der Waals surface area contributed by atoms with Gasteiger partial charge in [0.15, 0.2) is 0 Å². The Hall–Kier alpha value is -1.88. The Morgan fingerprint density at radius 2 is 1.10 bits per heavy atom. The van der Waals surface area contributed by atoms with E-state index in [9.17, 15) is 17.6 Å². The molecule has 5 heteroatoms. The molecule has 1 N–H and O–H groups in total. The summed E-state index contributed by atoms with van der Waals surface area (Å²) in [4.78, 5) is 0. The molecule has 0 saturated heterocycles. The summed E-state index contributed by atoms with van der Waals surface area (Å²) < 4.78 is 54.7. The molecule has 0 unspecified atom stereocenters. The molecule has 112 valence electrons. The van der Waals surface area contributed by atoms with Gasteiger partial charge in [-0.25, -0.2) is 17.6 Å². The lowest BCUT2D eigenvalue weighted by molar-refractivity contribution is 0.524. The Labute approximate surface area is 120 Å². The van der Waals surface area contributed by atoms with Crippen LogP contribution in [0.15, 0.2) is 24.3 Å². The molecular weight excluding hydrogens is 282 g/mol. The highest BCUT2D eigenvalue weighted by Gasteiger charge is 2.22. The van der Waals surface area contributed by atoms with Crippen LogP contribution in [0.3, 0.4) is 0 Å². The van der Waals surface area contributed by atoms with E-state index in [1.165, 1.54) is 33.0 Å². The molecule has 0 saturated carbocycles. The topological polar surface area (TPSA) is 12.0 Å². The standard InChI is InChI=1S/C16H15F4N/c1-8-4-10(14(19)6-12(8)17)16(21-3)11-5-9(2)13(18)7-15(11)20/h4-7,16,21H,1-3H3. The lowest BCUT2D eigenvalue weighted by atomic mass is 9.95. The van der Waals surface area contributed by atoms with E-state index in [4.69, 9.17) is 0 Å². The van der Waals surface area contributed by atoms with Gasteiger partial charge in [-0.2, -0.15) is 0 Å². The number of hydrogen-bond acceptors (Lipinski definition) is 1. The predicted octanol–water partition coefficient (Wildman–Crippen LogP) is 4.17. The van der Waals surface area contributed by atoms with Gasteiger partial charge in [0.25, 0.3) is 0 Å². The number of hydrogen-bond donors (Lipinski definition) is 1. The fourth-order valence-corrected chi connectivity index (χ4v) is 2.28. The van der Waals surface area contributed by atoms with Gasteiger partial charge in [0.2, 0.25) is 0 Å². The first-order chi connectivity index (χ1) is 9.85. The largest absolute Gasteiger partial charge is 0.309 e. The molecule has 0 heterocycles. The van der Waals surface area contributed by atoms with E-state index in [1.807, 2.05) is 0 Å². The van der Waals surface area contributed by atoms with Crippen molar-refractivity contribution < 1.29 is 17.6 Å². The van der Waals surface area contributed by atoms with Crippen molar-refractivity contribution in [3.8, 4) is 0 Å². The average Bonchev–Trinajstić information content (AvgIpc) is 2.42. The second-order valence-corrected chi connectivity index (χ2v) is 4.97. The fourth-order valence-electron chi connectivity index (χ4n) is 2.28. The van der Waals surface area contributed by atoms with E-state index in [2.05, 4.69) is 5.32 Å². The van der Waals surface area contributed by atoms with Crippen LogP contribution in [0.4, 0.5) is 17.6 Å². The van der Waals surface area contributed by atoms with Crippen LogP contribution in [0.1, 0.15) is 28.3 Å². The minimum absolute atomic E-state index is 0.112. The summed E-state index contributed by atoms with van der Waals surface area (Å²) in [6.07, 6.45) is 0. The van der Waals surface area contributed by atoms with E-state index in [1.54, 1.807) is 0 Å². The predicted molar refractivity (Wildman–Crippen MR) is 73.1 cm³/mol. The Morgan fingerprint density at radius 1 is 0.714 bits per heavy atom. The molecule has 0 atom stereocenters. The third-order valence-electron chi connectivity index (χ3n) is 3.47. The summed E-state index contributed by atoms with van der Waals surface area (Å²) in [6, 6.07) is 3.35. The first-order valence-corrected chi connectivity index (χ1v) is 6.43. The second kappa shape index (κ2) is 5.85. The molecule has 2 aromatic carbocycles. The number of halogens is 4. The first-order valence-electron chi connectivity index (χ1n) is 6.43. The Bertz CT molecular complexity index is 625. The molecule has 0 amide bonds. The molecule has 0 bridgehead atoms. The zero-order valence-electron chi connectivity index (χ0n) is 11.9. The number of nitrogens with one attached hydrogen (secondary N) is 1. The van der Waals surface area contributed by atoms with Gasteiger partial charge < -0.3 is 5.32 Å². The monoisotopic (exact) mass is 297 g/mol. The second-order valence-electron chi connectivity index (χ2n) is 4.97. The van der Waals surface area contributed by atoms with Crippen LogP contribution in [0.5, 0.6) is 0 Å². The molecular formula is C16H15F4N. The molecule has 0 aromatic heterocycles. The zero-order valence-corrected chi connectivity index (χ0v) is 11.9. The maximum Gasteiger partial charge on any atom is 0.131 e. The summed E-state index contributed by atoms with van der Waals surface area (Å²) in [7, 11) is 1.53. The van der Waals surface area contributed by atoms with E-state index in [0.29, 0.717) is 0 Å². The molecule has 2 rings (SSSR count). The van der Waals surface area contributed by atoms with Crippen molar-refractivity contribution in [1.82, 2.24) is 5.32 Å². The van der Waals surface area contributed by atoms with Crippen molar-refractivity contribution in [3.05, 3.63) is 69.8 Å². The van der Waals surface area contributed by atoms with Gasteiger partial charge in [-0.1, -0.05) is 0 Å². The quantitative estimate of drug-likeness (QED) is 0.839. The molecule has 0 radical (unpaired) electrons. The third-order valence-corrected chi connectivity index (χ3v) is 3.47. The van der Waals surface area contributed by atoms with Crippen LogP contribution < -0.4 is 5.32 Å². The van der Waals surface area contributed by atoms with Crippen LogP contribution in [0.2, 0.25) is 0 Å². The Balaban J connectivity index is 2.60.